The minimum atomic E-state index is -4.05. The zero-order chi connectivity index (χ0) is 19.2. The molecule has 3 aliphatic rings. The van der Waals surface area contributed by atoms with Gasteiger partial charge in [-0.2, -0.15) is 13.2 Å². The Labute approximate surface area is 157 Å². The second kappa shape index (κ2) is 7.29. The maximum absolute atomic E-state index is 13.2. The van der Waals surface area contributed by atoms with Crippen LogP contribution in [0.1, 0.15) is 85.0 Å². The molecular formula is C22H37F3O. The molecule has 4 heteroatoms. The first-order valence-electron chi connectivity index (χ1n) is 10.8. The number of alkyl halides is 3. The Kier molecular flexibility index (Phi) is 5.75. The van der Waals surface area contributed by atoms with Crippen molar-refractivity contribution >= 4 is 0 Å². The molecular weight excluding hydrogens is 337 g/mol. The van der Waals surface area contributed by atoms with E-state index in [1.807, 2.05) is 0 Å². The molecule has 0 saturated heterocycles. The van der Waals surface area contributed by atoms with Crippen LogP contribution in [0.2, 0.25) is 0 Å². The van der Waals surface area contributed by atoms with Gasteiger partial charge in [-0.15, -0.1) is 0 Å². The van der Waals surface area contributed by atoms with E-state index >= 15 is 0 Å². The van der Waals surface area contributed by atoms with Crippen LogP contribution in [0.5, 0.6) is 0 Å². The average Bonchev–Trinajstić information content (AvgIpc) is 2.87. The summed E-state index contributed by atoms with van der Waals surface area (Å²) in [5.74, 6) is 2.10. The lowest BCUT2D eigenvalue weighted by atomic mass is 9.46. The molecule has 7 atom stereocenters. The van der Waals surface area contributed by atoms with Crippen molar-refractivity contribution in [1.82, 2.24) is 0 Å². The first kappa shape index (κ1) is 20.5. The summed E-state index contributed by atoms with van der Waals surface area (Å²) in [4.78, 5) is 0. The minimum Gasteiger partial charge on any atom is -0.396 e. The van der Waals surface area contributed by atoms with Crippen LogP contribution in [0.4, 0.5) is 13.2 Å². The molecule has 152 valence electrons. The Balaban J connectivity index is 1.84. The predicted octanol–water partition coefficient (Wildman–Crippen LogP) is 6.60. The van der Waals surface area contributed by atoms with Crippen molar-refractivity contribution in [2.45, 2.75) is 91.2 Å². The van der Waals surface area contributed by atoms with E-state index in [1.165, 1.54) is 12.8 Å². The molecule has 3 rings (SSSR count). The van der Waals surface area contributed by atoms with Gasteiger partial charge in [-0.05, 0) is 91.8 Å². The van der Waals surface area contributed by atoms with Crippen molar-refractivity contribution < 1.29 is 18.3 Å². The molecule has 0 heterocycles. The highest BCUT2D eigenvalue weighted by atomic mass is 19.4. The Morgan fingerprint density at radius 2 is 1.65 bits per heavy atom. The first-order chi connectivity index (χ1) is 12.2. The summed E-state index contributed by atoms with van der Waals surface area (Å²) in [6.07, 6.45) is 4.53. The van der Waals surface area contributed by atoms with Crippen molar-refractivity contribution in [3.63, 3.8) is 0 Å². The predicted molar refractivity (Wildman–Crippen MR) is 98.6 cm³/mol. The van der Waals surface area contributed by atoms with Crippen LogP contribution in [0, 0.1) is 40.4 Å². The van der Waals surface area contributed by atoms with Crippen molar-refractivity contribution in [3.05, 3.63) is 0 Å². The van der Waals surface area contributed by atoms with Gasteiger partial charge in [0, 0.05) is 13.0 Å². The topological polar surface area (TPSA) is 20.2 Å². The highest BCUT2D eigenvalue weighted by Crippen LogP contribution is 2.67. The standard InChI is InChI=1S/C22H37F3O/c1-4-11-20(2)16(14-22(23,24)25)5-7-17-18-8-6-15(10-13-26)21(18,3)12-9-19(17)20/h15-19,26H,4-14H2,1-3H3. The lowest BCUT2D eigenvalue weighted by Gasteiger charge is -2.59. The second-order valence-electron chi connectivity index (χ2n) is 10.1. The molecule has 3 fully saturated rings. The van der Waals surface area contributed by atoms with Crippen LogP contribution in [0.15, 0.2) is 0 Å². The van der Waals surface area contributed by atoms with Crippen molar-refractivity contribution in [3.8, 4) is 0 Å². The molecule has 0 amide bonds. The van der Waals surface area contributed by atoms with Crippen LogP contribution < -0.4 is 0 Å². The van der Waals surface area contributed by atoms with Gasteiger partial charge in [0.1, 0.15) is 0 Å². The van der Waals surface area contributed by atoms with E-state index < -0.39 is 12.6 Å². The normalized spacial score (nSPS) is 46.0. The summed E-state index contributed by atoms with van der Waals surface area (Å²) in [5, 5.41) is 9.45. The van der Waals surface area contributed by atoms with Gasteiger partial charge in [0.2, 0.25) is 0 Å². The third-order valence-corrected chi connectivity index (χ3v) is 9.01. The molecule has 7 unspecified atom stereocenters. The number of hydrogen-bond acceptors (Lipinski definition) is 1. The fourth-order valence-corrected chi connectivity index (χ4v) is 7.82. The molecule has 0 aromatic heterocycles. The molecule has 1 nitrogen and oxygen atoms in total. The van der Waals surface area contributed by atoms with Crippen molar-refractivity contribution in [2.24, 2.45) is 40.4 Å². The maximum Gasteiger partial charge on any atom is 0.389 e. The fourth-order valence-electron chi connectivity index (χ4n) is 7.82. The lowest BCUT2D eigenvalue weighted by molar-refractivity contribution is -0.177. The molecule has 0 spiro atoms. The minimum absolute atomic E-state index is 0.163. The molecule has 3 saturated carbocycles. The van der Waals surface area contributed by atoms with Crippen LogP contribution in [-0.4, -0.2) is 17.9 Å². The number of aliphatic hydroxyl groups is 1. The summed E-state index contributed by atoms with van der Waals surface area (Å²) in [7, 11) is 0. The third kappa shape index (κ3) is 3.44. The summed E-state index contributed by atoms with van der Waals surface area (Å²) in [5.41, 5.74) is 0.136. The lowest BCUT2D eigenvalue weighted by Crippen LogP contribution is -2.52. The fraction of sp³-hybridized carbons (Fsp3) is 1.00. The molecule has 0 aromatic rings. The number of aliphatic hydroxyl groups excluding tert-OH is 1. The Bertz CT molecular complexity index is 490. The maximum atomic E-state index is 13.2. The van der Waals surface area contributed by atoms with E-state index in [0.29, 0.717) is 29.1 Å². The molecule has 0 aliphatic heterocycles. The van der Waals surface area contributed by atoms with E-state index in [0.717, 1.165) is 44.9 Å². The van der Waals surface area contributed by atoms with E-state index in [-0.39, 0.29) is 17.9 Å². The van der Waals surface area contributed by atoms with Gasteiger partial charge in [-0.25, -0.2) is 0 Å². The van der Waals surface area contributed by atoms with E-state index in [9.17, 15) is 18.3 Å². The van der Waals surface area contributed by atoms with Gasteiger partial charge in [0.25, 0.3) is 0 Å². The highest BCUT2D eigenvalue weighted by molar-refractivity contribution is 5.08. The van der Waals surface area contributed by atoms with Gasteiger partial charge < -0.3 is 5.11 Å². The smallest absolute Gasteiger partial charge is 0.389 e. The second-order valence-corrected chi connectivity index (χ2v) is 10.1. The number of rotatable bonds is 5. The molecule has 0 radical (unpaired) electrons. The summed E-state index contributed by atoms with van der Waals surface area (Å²) in [6.45, 7) is 6.99. The summed E-state index contributed by atoms with van der Waals surface area (Å²) in [6, 6.07) is 0. The SMILES string of the molecule is CCCC1(C)C(CC(F)(F)F)CCC2C3CCC(CCO)C3(C)CCC21. The number of halogens is 3. The summed E-state index contributed by atoms with van der Waals surface area (Å²) < 4.78 is 39.7. The van der Waals surface area contributed by atoms with Gasteiger partial charge in [-0.1, -0.05) is 27.2 Å². The first-order valence-corrected chi connectivity index (χ1v) is 10.8. The van der Waals surface area contributed by atoms with Gasteiger partial charge in [0.15, 0.2) is 0 Å². The van der Waals surface area contributed by atoms with E-state index in [1.54, 1.807) is 0 Å². The third-order valence-electron chi connectivity index (χ3n) is 9.01. The van der Waals surface area contributed by atoms with E-state index in [2.05, 4.69) is 20.8 Å². The number of hydrogen-bond donors (Lipinski definition) is 1. The zero-order valence-corrected chi connectivity index (χ0v) is 16.7. The van der Waals surface area contributed by atoms with Gasteiger partial charge >= 0.3 is 6.18 Å². The molecule has 26 heavy (non-hydrogen) atoms. The van der Waals surface area contributed by atoms with Crippen LogP contribution in [-0.2, 0) is 0 Å². The highest BCUT2D eigenvalue weighted by Gasteiger charge is 2.59. The molecule has 0 bridgehead atoms. The van der Waals surface area contributed by atoms with Crippen LogP contribution in [0.3, 0.4) is 0 Å². The summed E-state index contributed by atoms with van der Waals surface area (Å²) >= 11 is 0. The number of fused-ring (bicyclic) bond motifs is 3. The van der Waals surface area contributed by atoms with Crippen LogP contribution in [0.25, 0.3) is 0 Å². The monoisotopic (exact) mass is 374 g/mol. The largest absolute Gasteiger partial charge is 0.396 e. The Morgan fingerprint density at radius 1 is 0.962 bits per heavy atom. The molecule has 0 aromatic carbocycles. The van der Waals surface area contributed by atoms with Crippen LogP contribution >= 0.6 is 0 Å². The zero-order valence-electron chi connectivity index (χ0n) is 16.7. The average molecular weight is 375 g/mol. The van der Waals surface area contributed by atoms with Gasteiger partial charge in [0.05, 0.1) is 0 Å². The van der Waals surface area contributed by atoms with Crippen molar-refractivity contribution in [2.75, 3.05) is 6.61 Å². The Hall–Kier alpha value is -0.250. The van der Waals surface area contributed by atoms with E-state index in [4.69, 9.17) is 0 Å². The quantitative estimate of drug-likeness (QED) is 0.575. The van der Waals surface area contributed by atoms with Crippen molar-refractivity contribution in [1.29, 1.82) is 0 Å². The Morgan fingerprint density at radius 3 is 2.27 bits per heavy atom. The molecule has 1 N–H and O–H groups in total. The molecule has 3 aliphatic carbocycles. The van der Waals surface area contributed by atoms with Gasteiger partial charge in [-0.3, -0.25) is 0 Å².